The van der Waals surface area contributed by atoms with E-state index in [0.29, 0.717) is 5.56 Å². The first-order valence-corrected chi connectivity index (χ1v) is 7.04. The van der Waals surface area contributed by atoms with Gasteiger partial charge in [0.15, 0.2) is 0 Å². The van der Waals surface area contributed by atoms with Crippen molar-refractivity contribution >= 4 is 22.8 Å². The molecule has 0 radical (unpaired) electrons. The molecule has 1 heterocycles. The van der Waals surface area contributed by atoms with E-state index in [1.807, 2.05) is 32.0 Å². The van der Waals surface area contributed by atoms with E-state index < -0.39 is 0 Å². The molecular weight excluding hydrogens is 277 g/mol. The number of anilines is 1. The third-order valence-corrected chi connectivity index (χ3v) is 3.34. The second kappa shape index (κ2) is 5.93. The standard InChI is InChI=1S/C18H16FN3/c1-12-6-7-17-16(8-12)18(9-13(2)21-17)22-20-11-14-4-3-5-15(19)10-14/h3-11H,1-2H3,(H,21,22)/b20-11+. The highest BCUT2D eigenvalue weighted by atomic mass is 19.1. The third kappa shape index (κ3) is 3.11. The van der Waals surface area contributed by atoms with Crippen molar-refractivity contribution in [3.63, 3.8) is 0 Å². The monoisotopic (exact) mass is 293 g/mol. The minimum absolute atomic E-state index is 0.273. The molecule has 0 aliphatic rings. The second-order valence-corrected chi connectivity index (χ2v) is 5.26. The smallest absolute Gasteiger partial charge is 0.123 e. The number of hydrazone groups is 1. The molecule has 0 fully saturated rings. The zero-order chi connectivity index (χ0) is 15.5. The predicted molar refractivity (Wildman–Crippen MR) is 88.8 cm³/mol. The van der Waals surface area contributed by atoms with Crippen LogP contribution in [-0.4, -0.2) is 11.2 Å². The van der Waals surface area contributed by atoms with Crippen molar-refractivity contribution in [2.75, 3.05) is 5.43 Å². The van der Waals surface area contributed by atoms with Crippen molar-refractivity contribution < 1.29 is 4.39 Å². The van der Waals surface area contributed by atoms with Crippen LogP contribution in [0.5, 0.6) is 0 Å². The first kappa shape index (κ1) is 14.2. The topological polar surface area (TPSA) is 37.3 Å². The van der Waals surface area contributed by atoms with E-state index in [9.17, 15) is 4.39 Å². The minimum Gasteiger partial charge on any atom is -0.278 e. The lowest BCUT2D eigenvalue weighted by atomic mass is 10.1. The Kier molecular flexibility index (Phi) is 3.83. The number of aromatic nitrogens is 1. The lowest BCUT2D eigenvalue weighted by Crippen LogP contribution is -1.95. The Balaban J connectivity index is 1.91. The van der Waals surface area contributed by atoms with Gasteiger partial charge in [0.25, 0.3) is 0 Å². The lowest BCUT2D eigenvalue weighted by Gasteiger charge is -2.08. The maximum Gasteiger partial charge on any atom is 0.123 e. The number of hydrogen-bond acceptors (Lipinski definition) is 3. The number of nitrogens with one attached hydrogen (secondary N) is 1. The van der Waals surface area contributed by atoms with Gasteiger partial charge in [-0.05, 0) is 49.7 Å². The van der Waals surface area contributed by atoms with Gasteiger partial charge in [-0.25, -0.2) is 4.39 Å². The molecule has 0 saturated heterocycles. The van der Waals surface area contributed by atoms with Gasteiger partial charge in [-0.2, -0.15) is 5.10 Å². The first-order valence-electron chi connectivity index (χ1n) is 7.04. The molecule has 0 aliphatic heterocycles. The van der Waals surface area contributed by atoms with Crippen molar-refractivity contribution in [1.29, 1.82) is 0 Å². The van der Waals surface area contributed by atoms with Crippen LogP contribution in [0.3, 0.4) is 0 Å². The molecule has 4 heteroatoms. The van der Waals surface area contributed by atoms with Gasteiger partial charge >= 0.3 is 0 Å². The van der Waals surface area contributed by atoms with Crippen LogP contribution in [0.4, 0.5) is 10.1 Å². The van der Waals surface area contributed by atoms with Gasteiger partial charge in [0.05, 0.1) is 17.4 Å². The minimum atomic E-state index is -0.273. The largest absolute Gasteiger partial charge is 0.278 e. The fraction of sp³-hybridized carbons (Fsp3) is 0.111. The van der Waals surface area contributed by atoms with E-state index in [0.717, 1.165) is 27.8 Å². The molecule has 3 nitrogen and oxygen atoms in total. The van der Waals surface area contributed by atoms with Crippen LogP contribution in [0.15, 0.2) is 53.6 Å². The summed E-state index contributed by atoms with van der Waals surface area (Å²) < 4.78 is 13.1. The van der Waals surface area contributed by atoms with Crippen molar-refractivity contribution in [1.82, 2.24) is 4.98 Å². The number of fused-ring (bicyclic) bond motifs is 1. The molecule has 0 unspecified atom stereocenters. The fourth-order valence-electron chi connectivity index (χ4n) is 2.33. The summed E-state index contributed by atoms with van der Waals surface area (Å²) in [5.41, 5.74) is 7.63. The molecule has 0 atom stereocenters. The van der Waals surface area contributed by atoms with Gasteiger partial charge in [-0.15, -0.1) is 0 Å². The number of nitrogens with zero attached hydrogens (tertiary/aromatic N) is 2. The molecule has 0 saturated carbocycles. The predicted octanol–water partition coefficient (Wildman–Crippen LogP) is 4.44. The lowest BCUT2D eigenvalue weighted by molar-refractivity contribution is 0.627. The van der Waals surface area contributed by atoms with Gasteiger partial charge in [-0.3, -0.25) is 10.4 Å². The number of hydrogen-bond donors (Lipinski definition) is 1. The van der Waals surface area contributed by atoms with E-state index in [-0.39, 0.29) is 5.82 Å². The zero-order valence-electron chi connectivity index (χ0n) is 12.5. The average molecular weight is 293 g/mol. The van der Waals surface area contributed by atoms with E-state index in [1.54, 1.807) is 18.3 Å². The van der Waals surface area contributed by atoms with E-state index in [1.165, 1.54) is 12.1 Å². The Morgan fingerprint density at radius 2 is 1.95 bits per heavy atom. The number of pyridine rings is 1. The zero-order valence-corrected chi connectivity index (χ0v) is 12.5. The maximum atomic E-state index is 13.1. The molecule has 3 aromatic rings. The van der Waals surface area contributed by atoms with Crippen LogP contribution in [0.2, 0.25) is 0 Å². The molecule has 1 aromatic heterocycles. The van der Waals surface area contributed by atoms with E-state index in [2.05, 4.69) is 21.6 Å². The van der Waals surface area contributed by atoms with Gasteiger partial charge in [0.2, 0.25) is 0 Å². The molecule has 1 N–H and O–H groups in total. The van der Waals surface area contributed by atoms with E-state index >= 15 is 0 Å². The third-order valence-electron chi connectivity index (χ3n) is 3.34. The van der Waals surface area contributed by atoms with Crippen LogP contribution in [0.25, 0.3) is 10.9 Å². The Bertz CT molecular complexity index is 856. The molecule has 2 aromatic carbocycles. The van der Waals surface area contributed by atoms with Crippen LogP contribution in [0.1, 0.15) is 16.8 Å². The normalized spacial score (nSPS) is 11.2. The first-order chi connectivity index (χ1) is 10.6. The van der Waals surface area contributed by atoms with Crippen LogP contribution < -0.4 is 5.43 Å². The summed E-state index contributed by atoms with van der Waals surface area (Å²) in [5, 5.41) is 5.22. The summed E-state index contributed by atoms with van der Waals surface area (Å²) in [4.78, 5) is 4.51. The van der Waals surface area contributed by atoms with Gasteiger partial charge in [-0.1, -0.05) is 23.8 Å². The van der Waals surface area contributed by atoms with Gasteiger partial charge in [0, 0.05) is 11.1 Å². The highest BCUT2D eigenvalue weighted by molar-refractivity contribution is 5.92. The van der Waals surface area contributed by atoms with Crippen molar-refractivity contribution in [2.45, 2.75) is 13.8 Å². The highest BCUT2D eigenvalue weighted by Gasteiger charge is 2.03. The summed E-state index contributed by atoms with van der Waals surface area (Å²) in [5.74, 6) is -0.273. The summed E-state index contributed by atoms with van der Waals surface area (Å²) in [6.07, 6.45) is 1.60. The molecule has 22 heavy (non-hydrogen) atoms. The number of halogens is 1. The molecule has 110 valence electrons. The Hall–Kier alpha value is -2.75. The second-order valence-electron chi connectivity index (χ2n) is 5.26. The molecule has 3 rings (SSSR count). The molecule has 0 amide bonds. The number of aryl methyl sites for hydroxylation is 2. The van der Waals surface area contributed by atoms with E-state index in [4.69, 9.17) is 0 Å². The summed E-state index contributed by atoms with van der Waals surface area (Å²) in [6.45, 7) is 3.99. The average Bonchev–Trinajstić information content (AvgIpc) is 2.48. The fourth-order valence-corrected chi connectivity index (χ4v) is 2.33. The molecule has 0 bridgehead atoms. The Morgan fingerprint density at radius 1 is 1.09 bits per heavy atom. The molecular formula is C18H16FN3. The Labute approximate surface area is 128 Å². The number of rotatable bonds is 3. The summed E-state index contributed by atoms with van der Waals surface area (Å²) in [6, 6.07) is 14.4. The van der Waals surface area contributed by atoms with Crippen molar-refractivity contribution in [3.8, 4) is 0 Å². The van der Waals surface area contributed by atoms with Crippen LogP contribution in [0, 0.1) is 19.7 Å². The highest BCUT2D eigenvalue weighted by Crippen LogP contribution is 2.24. The van der Waals surface area contributed by atoms with Gasteiger partial charge in [0.1, 0.15) is 5.82 Å². The SMILES string of the molecule is Cc1ccc2nc(C)cc(N/N=C/c3cccc(F)c3)c2c1. The maximum absolute atomic E-state index is 13.1. The summed E-state index contributed by atoms with van der Waals surface area (Å²) >= 11 is 0. The molecule has 0 aliphatic carbocycles. The quantitative estimate of drug-likeness (QED) is 0.572. The van der Waals surface area contributed by atoms with Crippen molar-refractivity contribution in [2.24, 2.45) is 5.10 Å². The van der Waals surface area contributed by atoms with Crippen LogP contribution >= 0.6 is 0 Å². The number of benzene rings is 2. The van der Waals surface area contributed by atoms with Crippen LogP contribution in [-0.2, 0) is 0 Å². The summed E-state index contributed by atoms with van der Waals surface area (Å²) in [7, 11) is 0. The van der Waals surface area contributed by atoms with Gasteiger partial charge < -0.3 is 0 Å². The Morgan fingerprint density at radius 3 is 2.77 bits per heavy atom. The van der Waals surface area contributed by atoms with Crippen molar-refractivity contribution in [3.05, 3.63) is 71.2 Å². The molecule has 0 spiro atoms.